The molecular weight excluding hydrogens is 358 g/mol. The summed E-state index contributed by atoms with van der Waals surface area (Å²) in [6.07, 6.45) is 8.10. The number of aromatic nitrogens is 4. The third-order valence-electron chi connectivity index (χ3n) is 5.17. The lowest BCUT2D eigenvalue weighted by atomic mass is 10.2. The SMILES string of the molecule is O=C(Cn1ccnc1)N1CCC(Oc2ccccc2-c2nc(C3CC3)no2)C1. The molecule has 1 aliphatic heterocycles. The summed E-state index contributed by atoms with van der Waals surface area (Å²) in [5.74, 6) is 2.49. The van der Waals surface area contributed by atoms with Crippen molar-refractivity contribution in [3.8, 4) is 17.2 Å². The van der Waals surface area contributed by atoms with E-state index in [1.165, 1.54) is 0 Å². The fourth-order valence-electron chi connectivity index (χ4n) is 3.46. The molecule has 144 valence electrons. The van der Waals surface area contributed by atoms with Gasteiger partial charge in [0.2, 0.25) is 5.91 Å². The van der Waals surface area contributed by atoms with Crippen molar-refractivity contribution < 1.29 is 14.1 Å². The minimum absolute atomic E-state index is 0.0567. The van der Waals surface area contributed by atoms with Gasteiger partial charge in [0.05, 0.1) is 18.4 Å². The Balaban J connectivity index is 1.26. The van der Waals surface area contributed by atoms with Gasteiger partial charge in [-0.2, -0.15) is 4.98 Å². The van der Waals surface area contributed by atoms with Gasteiger partial charge in [0, 0.05) is 31.3 Å². The molecule has 0 N–H and O–H groups in total. The molecule has 2 fully saturated rings. The van der Waals surface area contributed by atoms with Gasteiger partial charge in [-0.15, -0.1) is 0 Å². The second kappa shape index (κ2) is 7.10. The van der Waals surface area contributed by atoms with Gasteiger partial charge in [0.1, 0.15) is 18.4 Å². The van der Waals surface area contributed by atoms with Gasteiger partial charge in [-0.25, -0.2) is 4.98 Å². The number of amides is 1. The van der Waals surface area contributed by atoms with Gasteiger partial charge in [-0.3, -0.25) is 4.79 Å². The molecule has 1 unspecified atom stereocenters. The van der Waals surface area contributed by atoms with Crippen LogP contribution in [0, 0.1) is 0 Å². The predicted octanol–water partition coefficient (Wildman–Crippen LogP) is 2.49. The molecule has 2 aliphatic rings. The maximum Gasteiger partial charge on any atom is 0.261 e. The molecule has 1 atom stereocenters. The molecule has 1 saturated carbocycles. The molecule has 1 aromatic carbocycles. The first-order valence-electron chi connectivity index (χ1n) is 9.59. The van der Waals surface area contributed by atoms with Gasteiger partial charge in [-0.1, -0.05) is 17.3 Å². The molecule has 8 heteroatoms. The van der Waals surface area contributed by atoms with Gasteiger partial charge in [-0.05, 0) is 25.0 Å². The number of carbonyl (C=O) groups excluding carboxylic acids is 1. The van der Waals surface area contributed by atoms with Crippen LogP contribution in [-0.4, -0.2) is 49.7 Å². The Bertz CT molecular complexity index is 964. The number of carbonyl (C=O) groups is 1. The molecule has 28 heavy (non-hydrogen) atoms. The largest absolute Gasteiger partial charge is 0.488 e. The van der Waals surface area contributed by atoms with Crippen molar-refractivity contribution in [3.05, 3.63) is 48.8 Å². The molecule has 0 bridgehead atoms. The number of ether oxygens (including phenoxy) is 1. The molecule has 0 spiro atoms. The summed E-state index contributed by atoms with van der Waals surface area (Å²) in [4.78, 5) is 22.8. The van der Waals surface area contributed by atoms with Crippen molar-refractivity contribution in [3.63, 3.8) is 0 Å². The average Bonchev–Trinajstić information content (AvgIpc) is 3.12. The van der Waals surface area contributed by atoms with Crippen LogP contribution in [0.3, 0.4) is 0 Å². The summed E-state index contributed by atoms with van der Waals surface area (Å²) < 4.78 is 13.5. The van der Waals surface area contributed by atoms with Crippen molar-refractivity contribution in [2.75, 3.05) is 13.1 Å². The molecule has 3 heterocycles. The first-order chi connectivity index (χ1) is 13.8. The van der Waals surface area contributed by atoms with Crippen LogP contribution < -0.4 is 4.74 Å². The lowest BCUT2D eigenvalue weighted by Crippen LogP contribution is -2.33. The lowest BCUT2D eigenvalue weighted by molar-refractivity contribution is -0.131. The number of rotatable bonds is 6. The lowest BCUT2D eigenvalue weighted by Gasteiger charge is -2.18. The molecule has 1 saturated heterocycles. The summed E-state index contributed by atoms with van der Waals surface area (Å²) in [5, 5.41) is 4.10. The highest BCUT2D eigenvalue weighted by molar-refractivity contribution is 5.76. The van der Waals surface area contributed by atoms with E-state index in [0.29, 0.717) is 37.2 Å². The van der Waals surface area contributed by atoms with E-state index in [1.807, 2.05) is 29.2 Å². The van der Waals surface area contributed by atoms with Gasteiger partial charge in [0.15, 0.2) is 5.82 Å². The molecule has 2 aromatic heterocycles. The topological polar surface area (TPSA) is 86.3 Å². The minimum Gasteiger partial charge on any atom is -0.488 e. The molecule has 3 aromatic rings. The second-order valence-electron chi connectivity index (χ2n) is 7.33. The van der Waals surface area contributed by atoms with E-state index in [-0.39, 0.29) is 12.0 Å². The van der Waals surface area contributed by atoms with Crippen molar-refractivity contribution >= 4 is 5.91 Å². The summed E-state index contributed by atoms with van der Waals surface area (Å²) >= 11 is 0. The Morgan fingerprint density at radius 3 is 2.96 bits per heavy atom. The molecule has 0 radical (unpaired) electrons. The monoisotopic (exact) mass is 379 g/mol. The van der Waals surface area contributed by atoms with Crippen LogP contribution in [0.15, 0.2) is 47.5 Å². The zero-order valence-electron chi connectivity index (χ0n) is 15.4. The smallest absolute Gasteiger partial charge is 0.261 e. The van der Waals surface area contributed by atoms with Crippen molar-refractivity contribution in [1.29, 1.82) is 0 Å². The fourth-order valence-corrected chi connectivity index (χ4v) is 3.46. The number of likely N-dealkylation sites (tertiary alicyclic amines) is 1. The third-order valence-corrected chi connectivity index (χ3v) is 5.17. The van der Waals surface area contributed by atoms with Crippen LogP contribution >= 0.6 is 0 Å². The zero-order valence-corrected chi connectivity index (χ0v) is 15.4. The fraction of sp³-hybridized carbons (Fsp3) is 0.400. The van der Waals surface area contributed by atoms with E-state index in [1.54, 1.807) is 23.3 Å². The number of imidazole rings is 1. The normalized spacial score (nSPS) is 19.1. The van der Waals surface area contributed by atoms with Crippen LogP contribution in [-0.2, 0) is 11.3 Å². The molecule has 1 aliphatic carbocycles. The van der Waals surface area contributed by atoms with E-state index in [0.717, 1.165) is 30.7 Å². The number of nitrogens with zero attached hydrogens (tertiary/aromatic N) is 5. The van der Waals surface area contributed by atoms with Gasteiger partial charge in [0.25, 0.3) is 5.89 Å². The van der Waals surface area contributed by atoms with Crippen LogP contribution in [0.5, 0.6) is 5.75 Å². The summed E-state index contributed by atoms with van der Waals surface area (Å²) in [6.45, 7) is 1.56. The Hall–Kier alpha value is -3.16. The highest BCUT2D eigenvalue weighted by Gasteiger charge is 2.31. The minimum atomic E-state index is -0.0567. The average molecular weight is 379 g/mol. The van der Waals surface area contributed by atoms with E-state index < -0.39 is 0 Å². The van der Waals surface area contributed by atoms with E-state index in [9.17, 15) is 4.79 Å². The summed E-state index contributed by atoms with van der Waals surface area (Å²) in [5.41, 5.74) is 0.796. The van der Waals surface area contributed by atoms with Gasteiger partial charge < -0.3 is 18.7 Å². The Kier molecular flexibility index (Phi) is 4.31. The quantitative estimate of drug-likeness (QED) is 0.654. The Morgan fingerprint density at radius 2 is 2.14 bits per heavy atom. The first-order valence-corrected chi connectivity index (χ1v) is 9.59. The second-order valence-corrected chi connectivity index (χ2v) is 7.33. The predicted molar refractivity (Wildman–Crippen MR) is 99.5 cm³/mol. The highest BCUT2D eigenvalue weighted by atomic mass is 16.5. The number of hydrogen-bond donors (Lipinski definition) is 0. The van der Waals surface area contributed by atoms with Crippen LogP contribution in [0.4, 0.5) is 0 Å². The highest BCUT2D eigenvalue weighted by Crippen LogP contribution is 2.39. The zero-order chi connectivity index (χ0) is 18.9. The van der Waals surface area contributed by atoms with Crippen molar-refractivity contribution in [1.82, 2.24) is 24.6 Å². The maximum absolute atomic E-state index is 12.5. The standard InChI is InChI=1S/C20H21N5O3/c26-18(12-24-10-8-21-13-24)25-9-7-15(11-25)27-17-4-2-1-3-16(17)20-22-19(23-28-20)14-5-6-14/h1-4,8,10,13-15H,5-7,9,11-12H2. The summed E-state index contributed by atoms with van der Waals surface area (Å²) in [7, 11) is 0. The Labute approximate surface area is 162 Å². The first kappa shape index (κ1) is 17.0. The third kappa shape index (κ3) is 3.49. The van der Waals surface area contributed by atoms with Crippen LogP contribution in [0.25, 0.3) is 11.5 Å². The van der Waals surface area contributed by atoms with E-state index >= 15 is 0 Å². The Morgan fingerprint density at radius 1 is 1.25 bits per heavy atom. The van der Waals surface area contributed by atoms with Crippen molar-refractivity contribution in [2.45, 2.75) is 37.8 Å². The number of para-hydroxylation sites is 1. The molecule has 1 amide bonds. The molecule has 5 rings (SSSR count). The van der Waals surface area contributed by atoms with Crippen LogP contribution in [0.1, 0.15) is 31.0 Å². The van der Waals surface area contributed by atoms with E-state index in [2.05, 4.69) is 15.1 Å². The van der Waals surface area contributed by atoms with E-state index in [4.69, 9.17) is 9.26 Å². The number of hydrogen-bond acceptors (Lipinski definition) is 6. The number of benzene rings is 1. The summed E-state index contributed by atoms with van der Waals surface area (Å²) in [6, 6.07) is 7.69. The van der Waals surface area contributed by atoms with Gasteiger partial charge >= 0.3 is 0 Å². The molecule has 8 nitrogen and oxygen atoms in total. The maximum atomic E-state index is 12.5. The van der Waals surface area contributed by atoms with Crippen molar-refractivity contribution in [2.24, 2.45) is 0 Å². The van der Waals surface area contributed by atoms with Crippen LogP contribution in [0.2, 0.25) is 0 Å². The molecular formula is C20H21N5O3.